The highest BCUT2D eigenvalue weighted by Gasteiger charge is 2.67. The molecule has 3 atom stereocenters. The van der Waals surface area contributed by atoms with E-state index >= 15 is 0 Å². The summed E-state index contributed by atoms with van der Waals surface area (Å²) >= 11 is 0. The third-order valence-electron chi connectivity index (χ3n) is 7.62. The van der Waals surface area contributed by atoms with Crippen molar-refractivity contribution in [3.8, 4) is 0 Å². The number of ether oxygens (including phenoxy) is 1. The first-order valence-corrected chi connectivity index (χ1v) is 13.8. The van der Waals surface area contributed by atoms with Crippen LogP contribution in [-0.2, 0) is 25.7 Å². The van der Waals surface area contributed by atoms with E-state index in [0.29, 0.717) is 5.56 Å². The molecule has 1 N–H and O–H groups in total. The van der Waals surface area contributed by atoms with Gasteiger partial charge in [-0.2, -0.15) is 0 Å². The normalized spacial score (nSPS) is 20.8. The Kier molecular flexibility index (Phi) is 6.96. The van der Waals surface area contributed by atoms with E-state index in [1.807, 2.05) is 33.9 Å². The van der Waals surface area contributed by atoms with Gasteiger partial charge in [-0.15, -0.1) is 0 Å². The number of nitro groups is 1. The summed E-state index contributed by atoms with van der Waals surface area (Å²) in [4.78, 5) is 49.1. The van der Waals surface area contributed by atoms with Crippen LogP contribution in [0.5, 0.6) is 0 Å². The van der Waals surface area contributed by atoms with Crippen LogP contribution >= 0.6 is 0 Å². The maximum atomic E-state index is 15.0. The lowest BCUT2D eigenvalue weighted by molar-refractivity contribution is -0.384. The number of hydrogen-bond donors (Lipinski definition) is 1. The third kappa shape index (κ3) is 4.71. The van der Waals surface area contributed by atoms with Gasteiger partial charge in [-0.1, -0.05) is 40.8 Å². The maximum absolute atomic E-state index is 15.0. The molecule has 0 aromatic heterocycles. The van der Waals surface area contributed by atoms with Crippen LogP contribution in [0.25, 0.3) is 0 Å². The summed E-state index contributed by atoms with van der Waals surface area (Å²) in [6, 6.07) is 4.60. The number of hydrogen-bond acceptors (Lipinski definition) is 6. The zero-order chi connectivity index (χ0) is 25.6. The molecule has 0 bridgehead atoms. The van der Waals surface area contributed by atoms with Crippen LogP contribution in [0.3, 0.4) is 0 Å². The van der Waals surface area contributed by atoms with Gasteiger partial charge in [0.1, 0.15) is 12.3 Å². The number of non-ortho nitro benzene ring substituents is 1. The summed E-state index contributed by atoms with van der Waals surface area (Å²) in [5, 5.41) is 11.8. The molecule has 1 aliphatic rings. The van der Waals surface area contributed by atoms with Gasteiger partial charge in [0.25, 0.3) is 5.69 Å². The number of esters is 1. The first kappa shape index (κ1) is 26.6. The van der Waals surface area contributed by atoms with E-state index in [2.05, 4.69) is 5.32 Å². The molecule has 1 aliphatic heterocycles. The number of benzene rings is 1. The molecular formula is C23H33FN2O6Si. The molecule has 10 heteroatoms. The highest BCUT2D eigenvalue weighted by atomic mass is 28.3. The molecule has 0 aliphatic carbocycles. The van der Waals surface area contributed by atoms with E-state index in [0.717, 1.165) is 0 Å². The highest BCUT2D eigenvalue weighted by Crippen LogP contribution is 2.58. The third-order valence-corrected chi connectivity index (χ3v) is 14.5. The summed E-state index contributed by atoms with van der Waals surface area (Å²) in [6.07, 6.45) is 0. The molecule has 0 spiro atoms. The zero-order valence-electron chi connectivity index (χ0n) is 20.4. The zero-order valence-corrected chi connectivity index (χ0v) is 21.4. The molecule has 1 amide bonds. The number of amides is 1. The van der Waals surface area contributed by atoms with Crippen LogP contribution in [0.1, 0.15) is 47.1 Å². The molecule has 1 aromatic carbocycles. The van der Waals surface area contributed by atoms with Crippen LogP contribution in [0.4, 0.5) is 10.1 Å². The second-order valence-corrected chi connectivity index (χ2v) is 16.7. The molecule has 0 radical (unpaired) electrons. The second kappa shape index (κ2) is 8.62. The average molecular weight is 481 g/mol. The van der Waals surface area contributed by atoms with Crippen molar-refractivity contribution in [2.45, 2.75) is 83.0 Å². The predicted molar refractivity (Wildman–Crippen MR) is 124 cm³/mol. The molecular weight excluding hydrogens is 447 g/mol. The smallest absolute Gasteiger partial charge is 0.375 e. The van der Waals surface area contributed by atoms with Crippen molar-refractivity contribution < 1.29 is 28.4 Å². The number of alkyl halides is 1. The molecule has 1 saturated heterocycles. The number of Topliss-reactive ketones (excluding diaryl/α,β-unsaturated/α-hetero) is 1. The van der Waals surface area contributed by atoms with Crippen LogP contribution in [0, 0.1) is 16.0 Å². The first-order valence-electron chi connectivity index (χ1n) is 10.8. The van der Waals surface area contributed by atoms with Crippen molar-refractivity contribution in [1.29, 1.82) is 0 Å². The predicted octanol–water partition coefficient (Wildman–Crippen LogP) is 4.34. The van der Waals surface area contributed by atoms with Crippen molar-refractivity contribution >= 4 is 31.4 Å². The van der Waals surface area contributed by atoms with Crippen LogP contribution < -0.4 is 5.32 Å². The Balaban J connectivity index is 2.37. The van der Waals surface area contributed by atoms with Gasteiger partial charge >= 0.3 is 5.97 Å². The standard InChI is InChI=1S/C23H33FN2O6Si/c1-21(2,3)33(7,8)23(6,17-16(19(28)25-17)22(4,5)24)18(27)20(29)32-13-14-9-11-15(12-10-14)26(30)31/h9-12,16-17H,13H2,1-8H3,(H,25,28). The van der Waals surface area contributed by atoms with Crippen molar-refractivity contribution in [1.82, 2.24) is 5.32 Å². The van der Waals surface area contributed by atoms with Crippen molar-refractivity contribution in [3.05, 3.63) is 39.9 Å². The number of β-lactam (4-membered cyclic amide) rings is 1. The molecule has 1 fully saturated rings. The quantitative estimate of drug-likeness (QED) is 0.148. The topological polar surface area (TPSA) is 116 Å². The Morgan fingerprint density at radius 1 is 1.12 bits per heavy atom. The Morgan fingerprint density at radius 3 is 2.03 bits per heavy atom. The van der Waals surface area contributed by atoms with Crippen molar-refractivity contribution in [3.63, 3.8) is 0 Å². The fraction of sp³-hybridized carbons (Fsp3) is 0.609. The lowest BCUT2D eigenvalue weighted by Gasteiger charge is -2.58. The van der Waals surface area contributed by atoms with Crippen LogP contribution in [0.15, 0.2) is 24.3 Å². The van der Waals surface area contributed by atoms with Gasteiger partial charge < -0.3 is 10.1 Å². The highest BCUT2D eigenvalue weighted by molar-refractivity contribution is 6.88. The van der Waals surface area contributed by atoms with Gasteiger partial charge in [0.05, 0.1) is 30.0 Å². The van der Waals surface area contributed by atoms with Gasteiger partial charge in [0.2, 0.25) is 11.7 Å². The van der Waals surface area contributed by atoms with Crippen LogP contribution in [-0.4, -0.2) is 42.4 Å². The van der Waals surface area contributed by atoms with Gasteiger partial charge in [-0.3, -0.25) is 19.7 Å². The molecule has 1 aromatic rings. The van der Waals surface area contributed by atoms with Gasteiger partial charge in [0.15, 0.2) is 0 Å². The molecule has 8 nitrogen and oxygen atoms in total. The molecule has 0 saturated carbocycles. The number of carbonyl (C=O) groups excluding carboxylic acids is 3. The minimum Gasteiger partial charge on any atom is -0.455 e. The number of nitro benzene ring substituents is 1. The van der Waals surface area contributed by atoms with E-state index in [1.54, 1.807) is 6.92 Å². The van der Waals surface area contributed by atoms with Crippen molar-refractivity contribution in [2.24, 2.45) is 5.92 Å². The minimum absolute atomic E-state index is 0.104. The Hall–Kier alpha value is -2.62. The largest absolute Gasteiger partial charge is 0.455 e. The number of carbonyl (C=O) groups is 3. The molecule has 2 rings (SSSR count). The maximum Gasteiger partial charge on any atom is 0.375 e. The summed E-state index contributed by atoms with van der Waals surface area (Å²) in [5.74, 6) is -3.42. The average Bonchev–Trinajstić information content (AvgIpc) is 2.66. The molecule has 182 valence electrons. The Morgan fingerprint density at radius 2 is 1.64 bits per heavy atom. The summed E-state index contributed by atoms with van der Waals surface area (Å²) < 4.78 is 20.2. The first-order chi connectivity index (χ1) is 14.9. The fourth-order valence-electron chi connectivity index (χ4n) is 4.30. The number of halogens is 1. The van der Waals surface area contributed by atoms with E-state index in [9.17, 15) is 28.9 Å². The van der Waals surface area contributed by atoms with Crippen molar-refractivity contribution in [2.75, 3.05) is 0 Å². The second-order valence-electron chi connectivity index (χ2n) is 10.9. The monoisotopic (exact) mass is 480 g/mol. The van der Waals surface area contributed by atoms with E-state index in [1.165, 1.54) is 38.1 Å². The summed E-state index contributed by atoms with van der Waals surface area (Å²) in [6.45, 7) is 13.8. The van der Waals surface area contributed by atoms with E-state index in [4.69, 9.17) is 4.74 Å². The van der Waals surface area contributed by atoms with Gasteiger partial charge in [0, 0.05) is 12.1 Å². The van der Waals surface area contributed by atoms with Crippen LogP contribution in [0.2, 0.25) is 23.2 Å². The van der Waals surface area contributed by atoms with E-state index < -0.39 is 53.3 Å². The van der Waals surface area contributed by atoms with Gasteiger partial charge in [-0.25, -0.2) is 9.18 Å². The minimum atomic E-state index is -2.70. The number of ketones is 1. The lowest BCUT2D eigenvalue weighted by atomic mass is 9.72. The molecule has 33 heavy (non-hydrogen) atoms. The van der Waals surface area contributed by atoms with Gasteiger partial charge in [-0.05, 0) is 36.6 Å². The Labute approximate surface area is 194 Å². The van der Waals surface area contributed by atoms with E-state index in [-0.39, 0.29) is 17.3 Å². The molecule has 3 unspecified atom stereocenters. The summed E-state index contributed by atoms with van der Waals surface area (Å²) in [7, 11) is -2.70. The lowest BCUT2D eigenvalue weighted by Crippen LogP contribution is -2.74. The number of nitrogens with one attached hydrogen (secondary N) is 1. The Bertz CT molecular complexity index is 965. The molecule has 1 heterocycles. The number of rotatable bonds is 8. The SMILES string of the molecule is CC(C)(F)C1C(=O)NC1C(C)(C(=O)C(=O)OCc1ccc([N+](=O)[O-])cc1)[Si](C)(C)C(C)(C)C. The summed E-state index contributed by atoms with van der Waals surface area (Å²) in [5.41, 5.74) is -1.50. The number of nitrogens with zero attached hydrogens (tertiary/aromatic N) is 1. The fourth-order valence-corrected chi connectivity index (χ4v) is 7.54.